The molecule has 1 unspecified atom stereocenters. The summed E-state index contributed by atoms with van der Waals surface area (Å²) in [6, 6.07) is 0. The number of anilines is 1. The molecule has 112 valence electrons. The molecule has 0 aromatic carbocycles. The van der Waals surface area contributed by atoms with Gasteiger partial charge in [0.15, 0.2) is 5.13 Å². The van der Waals surface area contributed by atoms with Crippen LogP contribution in [0.2, 0.25) is 0 Å². The molecule has 0 spiro atoms. The van der Waals surface area contributed by atoms with Crippen LogP contribution in [0.3, 0.4) is 0 Å². The van der Waals surface area contributed by atoms with Crippen molar-refractivity contribution in [3.63, 3.8) is 0 Å². The molecule has 2 rings (SSSR count). The summed E-state index contributed by atoms with van der Waals surface area (Å²) in [6.07, 6.45) is 2.51. The number of nitrogens with zero attached hydrogens (tertiary/aromatic N) is 2. The molecule has 0 radical (unpaired) electrons. The van der Waals surface area contributed by atoms with Gasteiger partial charge in [0.25, 0.3) is 0 Å². The Bertz CT molecular complexity index is 470. The van der Waals surface area contributed by atoms with E-state index in [-0.39, 0.29) is 5.97 Å². The molecule has 1 aromatic heterocycles. The van der Waals surface area contributed by atoms with Crippen molar-refractivity contribution in [3.05, 3.63) is 11.1 Å². The Hall–Kier alpha value is -1.10. The lowest BCUT2D eigenvalue weighted by atomic mass is 9.90. The zero-order valence-corrected chi connectivity index (χ0v) is 13.6. The fourth-order valence-corrected chi connectivity index (χ4v) is 3.51. The number of carbonyl (C=O) groups is 1. The number of piperidine rings is 1. The molecular weight excluding hydrogens is 272 g/mol. The van der Waals surface area contributed by atoms with Crippen LogP contribution in [0.5, 0.6) is 0 Å². The van der Waals surface area contributed by atoms with Crippen molar-refractivity contribution in [1.29, 1.82) is 0 Å². The van der Waals surface area contributed by atoms with E-state index >= 15 is 0 Å². The lowest BCUT2D eigenvalue weighted by molar-refractivity contribution is -0.148. The van der Waals surface area contributed by atoms with Crippen LogP contribution in [0.4, 0.5) is 5.13 Å². The topological polar surface area (TPSA) is 42.4 Å². The van der Waals surface area contributed by atoms with E-state index in [1.165, 1.54) is 12.8 Å². The Morgan fingerprint density at radius 2 is 2.35 bits per heavy atom. The van der Waals surface area contributed by atoms with Crippen LogP contribution >= 0.6 is 11.3 Å². The van der Waals surface area contributed by atoms with Crippen LogP contribution in [0.15, 0.2) is 5.38 Å². The van der Waals surface area contributed by atoms with E-state index in [9.17, 15) is 4.79 Å². The van der Waals surface area contributed by atoms with Crippen LogP contribution in [0, 0.1) is 5.92 Å². The van der Waals surface area contributed by atoms with Crippen LogP contribution in [-0.4, -0.2) is 30.6 Å². The van der Waals surface area contributed by atoms with Gasteiger partial charge in [-0.05, 0) is 39.5 Å². The molecule has 1 aromatic rings. The first-order valence-electron chi connectivity index (χ1n) is 7.33. The highest BCUT2D eigenvalue weighted by atomic mass is 32.1. The molecule has 0 saturated carbocycles. The Kier molecular flexibility index (Phi) is 4.68. The first-order valence-corrected chi connectivity index (χ1v) is 8.21. The smallest absolute Gasteiger partial charge is 0.317 e. The van der Waals surface area contributed by atoms with E-state index in [1.54, 1.807) is 11.3 Å². The molecule has 0 bridgehead atoms. The van der Waals surface area contributed by atoms with E-state index in [0.29, 0.717) is 12.5 Å². The largest absolute Gasteiger partial charge is 0.465 e. The van der Waals surface area contributed by atoms with Crippen LogP contribution in [0.1, 0.15) is 46.2 Å². The standard InChI is InChI=1S/C15H24N2O2S/c1-5-19-13(18)15(3,4)12-10-20-14(16-12)17-8-6-7-11(2)9-17/h10-11H,5-9H2,1-4H3. The fraction of sp³-hybridized carbons (Fsp3) is 0.733. The van der Waals surface area contributed by atoms with Crippen LogP contribution in [0.25, 0.3) is 0 Å². The number of hydrogen-bond acceptors (Lipinski definition) is 5. The van der Waals surface area contributed by atoms with Crippen molar-refractivity contribution in [2.24, 2.45) is 5.92 Å². The lowest BCUT2D eigenvalue weighted by Crippen LogP contribution is -2.35. The molecule has 20 heavy (non-hydrogen) atoms. The van der Waals surface area contributed by atoms with Crippen molar-refractivity contribution in [2.75, 3.05) is 24.6 Å². The minimum Gasteiger partial charge on any atom is -0.465 e. The molecule has 1 atom stereocenters. The third kappa shape index (κ3) is 3.14. The van der Waals surface area contributed by atoms with Crippen LogP contribution < -0.4 is 4.90 Å². The predicted molar refractivity (Wildman–Crippen MR) is 82.4 cm³/mol. The second-order valence-corrected chi connectivity index (χ2v) is 6.89. The molecule has 0 N–H and O–H groups in total. The number of ether oxygens (including phenoxy) is 1. The summed E-state index contributed by atoms with van der Waals surface area (Å²) in [5, 5.41) is 3.02. The van der Waals surface area contributed by atoms with Gasteiger partial charge in [-0.2, -0.15) is 0 Å². The molecule has 1 aliphatic heterocycles. The Balaban J connectivity index is 2.13. The van der Waals surface area contributed by atoms with Crippen molar-refractivity contribution in [1.82, 2.24) is 4.98 Å². The average Bonchev–Trinajstić information content (AvgIpc) is 2.89. The van der Waals surface area contributed by atoms with E-state index in [4.69, 9.17) is 4.74 Å². The maximum Gasteiger partial charge on any atom is 0.317 e. The summed E-state index contributed by atoms with van der Waals surface area (Å²) in [5.74, 6) is 0.512. The minimum absolute atomic E-state index is 0.205. The first kappa shape index (κ1) is 15.3. The van der Waals surface area contributed by atoms with Gasteiger partial charge in [-0.3, -0.25) is 4.79 Å². The van der Waals surface area contributed by atoms with Gasteiger partial charge in [-0.1, -0.05) is 6.92 Å². The van der Waals surface area contributed by atoms with Gasteiger partial charge < -0.3 is 9.64 Å². The zero-order valence-electron chi connectivity index (χ0n) is 12.8. The lowest BCUT2D eigenvalue weighted by Gasteiger charge is -2.30. The van der Waals surface area contributed by atoms with Gasteiger partial charge in [0.2, 0.25) is 0 Å². The fourth-order valence-electron chi connectivity index (χ4n) is 2.48. The summed E-state index contributed by atoms with van der Waals surface area (Å²) in [5.41, 5.74) is 0.140. The highest BCUT2D eigenvalue weighted by molar-refractivity contribution is 7.13. The minimum atomic E-state index is -0.674. The molecule has 0 aliphatic carbocycles. The highest BCUT2D eigenvalue weighted by Crippen LogP contribution is 2.32. The Morgan fingerprint density at radius 1 is 1.60 bits per heavy atom. The van der Waals surface area contributed by atoms with E-state index < -0.39 is 5.41 Å². The molecule has 0 amide bonds. The number of carbonyl (C=O) groups excluding carboxylic acids is 1. The van der Waals surface area contributed by atoms with E-state index in [1.807, 2.05) is 26.2 Å². The Morgan fingerprint density at radius 3 is 3.00 bits per heavy atom. The molecule has 4 nitrogen and oxygen atoms in total. The van der Waals surface area contributed by atoms with E-state index in [0.717, 1.165) is 23.9 Å². The number of hydrogen-bond donors (Lipinski definition) is 0. The second kappa shape index (κ2) is 6.12. The highest BCUT2D eigenvalue weighted by Gasteiger charge is 2.34. The van der Waals surface area contributed by atoms with Gasteiger partial charge in [-0.25, -0.2) is 4.98 Å². The van der Waals surface area contributed by atoms with Crippen molar-refractivity contribution >= 4 is 22.4 Å². The summed E-state index contributed by atoms with van der Waals surface area (Å²) in [7, 11) is 0. The molecule has 1 fully saturated rings. The SMILES string of the molecule is CCOC(=O)C(C)(C)c1csc(N2CCCC(C)C2)n1. The van der Waals surface area contributed by atoms with Gasteiger partial charge in [0.05, 0.1) is 12.3 Å². The second-order valence-electron chi connectivity index (χ2n) is 6.05. The molecule has 1 saturated heterocycles. The number of rotatable bonds is 4. The van der Waals surface area contributed by atoms with Crippen LogP contribution in [-0.2, 0) is 14.9 Å². The number of esters is 1. The molecular formula is C15H24N2O2S. The monoisotopic (exact) mass is 296 g/mol. The third-order valence-electron chi connectivity index (χ3n) is 3.85. The maximum absolute atomic E-state index is 12.0. The quantitative estimate of drug-likeness (QED) is 0.800. The van der Waals surface area contributed by atoms with Crippen molar-refractivity contribution in [3.8, 4) is 0 Å². The van der Waals surface area contributed by atoms with Gasteiger partial charge in [-0.15, -0.1) is 11.3 Å². The Labute approximate surface area is 125 Å². The average molecular weight is 296 g/mol. The van der Waals surface area contributed by atoms with Gasteiger partial charge >= 0.3 is 5.97 Å². The summed E-state index contributed by atoms with van der Waals surface area (Å²) in [4.78, 5) is 19.1. The number of thiazole rings is 1. The van der Waals surface area contributed by atoms with Gasteiger partial charge in [0, 0.05) is 18.5 Å². The summed E-state index contributed by atoms with van der Waals surface area (Å²) < 4.78 is 5.14. The summed E-state index contributed by atoms with van der Waals surface area (Å²) in [6.45, 7) is 10.4. The molecule has 1 aliphatic rings. The van der Waals surface area contributed by atoms with Gasteiger partial charge in [0.1, 0.15) is 5.41 Å². The number of aromatic nitrogens is 1. The van der Waals surface area contributed by atoms with Crippen molar-refractivity contribution < 1.29 is 9.53 Å². The first-order chi connectivity index (χ1) is 9.45. The maximum atomic E-state index is 12.0. The zero-order chi connectivity index (χ0) is 14.8. The predicted octanol–water partition coefficient (Wildman–Crippen LogP) is 3.22. The third-order valence-corrected chi connectivity index (χ3v) is 4.75. The van der Waals surface area contributed by atoms with E-state index in [2.05, 4.69) is 16.8 Å². The molecule has 5 heteroatoms. The summed E-state index contributed by atoms with van der Waals surface area (Å²) >= 11 is 1.63. The van der Waals surface area contributed by atoms with Crippen molar-refractivity contribution in [2.45, 2.75) is 46.0 Å². The normalized spacial score (nSPS) is 20.0. The molecule has 2 heterocycles.